The molecule has 0 aliphatic carbocycles. The zero-order chi connectivity index (χ0) is 51.4. The van der Waals surface area contributed by atoms with Crippen molar-refractivity contribution in [3.63, 3.8) is 0 Å². The third-order valence-corrected chi connectivity index (χ3v) is 13.8. The lowest BCUT2D eigenvalue weighted by atomic mass is 10.1. The van der Waals surface area contributed by atoms with Crippen LogP contribution in [0.1, 0.15) is 329 Å². The van der Waals surface area contributed by atoms with Gasteiger partial charge in [-0.2, -0.15) is 0 Å². The number of esters is 3. The van der Waals surface area contributed by atoms with Crippen molar-refractivity contribution in [2.75, 3.05) is 13.2 Å². The summed E-state index contributed by atoms with van der Waals surface area (Å²) in [5, 5.41) is 0. The van der Waals surface area contributed by atoms with Crippen LogP contribution in [0.2, 0.25) is 0 Å². The lowest BCUT2D eigenvalue weighted by Gasteiger charge is -2.18. The number of carbonyl (C=O) groups excluding carboxylic acids is 3. The average molecular weight is 996 g/mol. The van der Waals surface area contributed by atoms with E-state index in [9.17, 15) is 14.4 Å². The van der Waals surface area contributed by atoms with Crippen molar-refractivity contribution in [2.45, 2.75) is 335 Å². The van der Waals surface area contributed by atoms with Gasteiger partial charge in [-0.1, -0.05) is 262 Å². The topological polar surface area (TPSA) is 78.9 Å². The molecule has 0 fully saturated rings. The third-order valence-electron chi connectivity index (χ3n) is 13.8. The van der Waals surface area contributed by atoms with Crippen LogP contribution in [-0.2, 0) is 28.6 Å². The molecular weight excluding hydrogens is 877 g/mol. The first kappa shape index (κ1) is 68.4. The largest absolute Gasteiger partial charge is 0.462 e. The first-order chi connectivity index (χ1) is 35.0. The number of carbonyl (C=O) groups is 3. The minimum atomic E-state index is -0.778. The summed E-state index contributed by atoms with van der Waals surface area (Å²) in [7, 11) is 0. The molecule has 0 saturated heterocycles. The molecule has 6 nitrogen and oxygen atoms in total. The Morgan fingerprint density at radius 1 is 0.282 bits per heavy atom. The fraction of sp³-hybridized carbons (Fsp3) is 0.831. The minimum absolute atomic E-state index is 0.0759. The van der Waals surface area contributed by atoms with E-state index >= 15 is 0 Å². The number of allylic oxidation sites excluding steroid dienone is 8. The Morgan fingerprint density at radius 2 is 0.507 bits per heavy atom. The summed E-state index contributed by atoms with van der Waals surface area (Å²) in [4.78, 5) is 38.3. The lowest BCUT2D eigenvalue weighted by molar-refractivity contribution is -0.167. The van der Waals surface area contributed by atoms with Gasteiger partial charge in [0.05, 0.1) is 0 Å². The van der Waals surface area contributed by atoms with Gasteiger partial charge in [-0.15, -0.1) is 0 Å². The fourth-order valence-electron chi connectivity index (χ4n) is 9.07. The molecule has 0 rings (SSSR count). The molecule has 0 aliphatic rings. The molecule has 0 bridgehead atoms. The quantitative estimate of drug-likeness (QED) is 0.0199. The van der Waals surface area contributed by atoms with Gasteiger partial charge in [0.15, 0.2) is 6.10 Å². The van der Waals surface area contributed by atoms with Crippen molar-refractivity contribution in [3.05, 3.63) is 48.6 Å². The minimum Gasteiger partial charge on any atom is -0.462 e. The molecule has 0 heterocycles. The first-order valence-corrected chi connectivity index (χ1v) is 31.2. The standard InChI is InChI=1S/C65H118O6/c1-4-7-10-13-16-19-22-25-28-30-32-34-37-40-43-46-49-52-55-58-64(67)70-61-62(60-69-63(66)57-54-51-48-45-42-39-36-27-24-21-18-15-12-9-6-3)71-65(68)59-56-53-50-47-44-41-38-35-33-31-29-26-23-20-17-14-11-8-5-2/h16,19,21-22,24-25,31,33,62H,4-15,17-18,20,23,26-30,32,34-61H2,1-3H3/b19-16-,24-21-,25-22-,33-31-. The van der Waals surface area contributed by atoms with E-state index in [1.54, 1.807) is 0 Å². The highest BCUT2D eigenvalue weighted by atomic mass is 16.6. The number of hydrogen-bond donors (Lipinski definition) is 0. The van der Waals surface area contributed by atoms with Crippen LogP contribution in [-0.4, -0.2) is 37.2 Å². The van der Waals surface area contributed by atoms with Crippen molar-refractivity contribution in [2.24, 2.45) is 0 Å². The van der Waals surface area contributed by atoms with Gasteiger partial charge in [0.1, 0.15) is 13.2 Å². The Bertz CT molecular complexity index is 1230. The highest BCUT2D eigenvalue weighted by Crippen LogP contribution is 2.16. The second-order valence-electron chi connectivity index (χ2n) is 21.0. The highest BCUT2D eigenvalue weighted by Gasteiger charge is 2.19. The van der Waals surface area contributed by atoms with Gasteiger partial charge < -0.3 is 14.2 Å². The van der Waals surface area contributed by atoms with Gasteiger partial charge in [-0.25, -0.2) is 0 Å². The SMILES string of the molecule is CCCCC/C=C\C=C/CCCCCCCCCCCCC(=O)OCC(COC(=O)CCCCCCCCC/C=C\CCCCCC)OC(=O)CCCCCCCCC/C=C\CCCCCCCCCC. The molecule has 0 aromatic carbocycles. The zero-order valence-corrected chi connectivity index (χ0v) is 47.5. The molecule has 0 N–H and O–H groups in total. The smallest absolute Gasteiger partial charge is 0.306 e. The molecule has 71 heavy (non-hydrogen) atoms. The number of hydrogen-bond acceptors (Lipinski definition) is 6. The Kier molecular flexibility index (Phi) is 57.7. The summed E-state index contributed by atoms with van der Waals surface area (Å²) in [6.07, 6.45) is 73.9. The molecular formula is C65H118O6. The van der Waals surface area contributed by atoms with E-state index in [2.05, 4.69) is 69.4 Å². The fourth-order valence-corrected chi connectivity index (χ4v) is 9.07. The van der Waals surface area contributed by atoms with Crippen molar-refractivity contribution in [1.29, 1.82) is 0 Å². The van der Waals surface area contributed by atoms with E-state index < -0.39 is 6.10 Å². The second-order valence-corrected chi connectivity index (χ2v) is 21.0. The zero-order valence-electron chi connectivity index (χ0n) is 47.5. The number of unbranched alkanes of at least 4 members (excludes halogenated alkanes) is 39. The molecule has 6 heteroatoms. The van der Waals surface area contributed by atoms with Crippen molar-refractivity contribution in [1.82, 2.24) is 0 Å². The summed E-state index contributed by atoms with van der Waals surface area (Å²) in [5.41, 5.74) is 0. The number of ether oxygens (including phenoxy) is 3. The van der Waals surface area contributed by atoms with Crippen molar-refractivity contribution in [3.8, 4) is 0 Å². The van der Waals surface area contributed by atoms with Crippen molar-refractivity contribution < 1.29 is 28.6 Å². The van der Waals surface area contributed by atoms with Gasteiger partial charge in [-0.3, -0.25) is 14.4 Å². The summed E-state index contributed by atoms with van der Waals surface area (Å²) < 4.78 is 16.9. The first-order valence-electron chi connectivity index (χ1n) is 31.2. The molecule has 0 saturated carbocycles. The van der Waals surface area contributed by atoms with Gasteiger partial charge in [0.2, 0.25) is 0 Å². The van der Waals surface area contributed by atoms with E-state index in [0.29, 0.717) is 19.3 Å². The van der Waals surface area contributed by atoms with E-state index in [-0.39, 0.29) is 31.1 Å². The maximum absolute atomic E-state index is 12.9. The molecule has 414 valence electrons. The predicted octanol–water partition coefficient (Wildman–Crippen LogP) is 21.0. The van der Waals surface area contributed by atoms with Crippen LogP contribution in [0.4, 0.5) is 0 Å². The Morgan fingerprint density at radius 3 is 0.831 bits per heavy atom. The van der Waals surface area contributed by atoms with E-state index in [4.69, 9.17) is 14.2 Å². The maximum atomic E-state index is 12.9. The Labute approximate surface area is 441 Å². The van der Waals surface area contributed by atoms with Crippen LogP contribution >= 0.6 is 0 Å². The second kappa shape index (κ2) is 59.9. The van der Waals surface area contributed by atoms with Crippen LogP contribution in [0, 0.1) is 0 Å². The predicted molar refractivity (Wildman–Crippen MR) is 307 cm³/mol. The molecule has 1 unspecified atom stereocenters. The van der Waals surface area contributed by atoms with Crippen molar-refractivity contribution >= 4 is 17.9 Å². The molecule has 1 atom stereocenters. The molecule has 0 aromatic rings. The van der Waals surface area contributed by atoms with Crippen LogP contribution in [0.3, 0.4) is 0 Å². The molecule has 0 spiro atoms. The molecule has 0 aliphatic heterocycles. The lowest BCUT2D eigenvalue weighted by Crippen LogP contribution is -2.30. The van der Waals surface area contributed by atoms with Gasteiger partial charge in [0, 0.05) is 19.3 Å². The van der Waals surface area contributed by atoms with Crippen LogP contribution in [0.15, 0.2) is 48.6 Å². The third kappa shape index (κ3) is 58.1. The Balaban J connectivity index is 4.36. The summed E-state index contributed by atoms with van der Waals surface area (Å²) in [6, 6.07) is 0. The molecule has 0 aromatic heterocycles. The van der Waals surface area contributed by atoms with Gasteiger partial charge in [-0.05, 0) is 96.3 Å². The van der Waals surface area contributed by atoms with Gasteiger partial charge >= 0.3 is 17.9 Å². The summed E-state index contributed by atoms with van der Waals surface area (Å²) in [6.45, 7) is 6.63. The summed E-state index contributed by atoms with van der Waals surface area (Å²) >= 11 is 0. The maximum Gasteiger partial charge on any atom is 0.306 e. The van der Waals surface area contributed by atoms with E-state index in [1.807, 2.05) is 0 Å². The average Bonchev–Trinajstić information content (AvgIpc) is 3.37. The van der Waals surface area contributed by atoms with Crippen LogP contribution in [0.25, 0.3) is 0 Å². The highest BCUT2D eigenvalue weighted by molar-refractivity contribution is 5.71. The molecule has 0 radical (unpaired) electrons. The Hall–Kier alpha value is -2.63. The van der Waals surface area contributed by atoms with E-state index in [1.165, 1.54) is 231 Å². The molecule has 0 amide bonds. The monoisotopic (exact) mass is 995 g/mol. The van der Waals surface area contributed by atoms with E-state index in [0.717, 1.165) is 57.8 Å². The summed E-state index contributed by atoms with van der Waals surface area (Å²) in [5.74, 6) is -0.870. The van der Waals surface area contributed by atoms with Gasteiger partial charge in [0.25, 0.3) is 0 Å². The van der Waals surface area contributed by atoms with Crippen LogP contribution in [0.5, 0.6) is 0 Å². The van der Waals surface area contributed by atoms with Crippen LogP contribution < -0.4 is 0 Å². The number of rotatable bonds is 57. The normalized spacial score (nSPS) is 12.3.